The minimum atomic E-state index is -0.532. The standard InChI is InChI=1S/C18H21NO4/c1-18(2,3)23-17(21)19-14-8-6-13(7-9-14)16-11-10-15(22-16)5-4-12-20/h6-12H,4-5H2,1-3H3,(H,19,21). The second-order valence-corrected chi connectivity index (χ2v) is 6.18. The van der Waals surface area contributed by atoms with Gasteiger partial charge in [-0.15, -0.1) is 0 Å². The molecular weight excluding hydrogens is 294 g/mol. The predicted octanol–water partition coefficient (Wildman–Crippen LogP) is 4.43. The summed E-state index contributed by atoms with van der Waals surface area (Å²) in [6.07, 6.45) is 1.44. The smallest absolute Gasteiger partial charge is 0.412 e. The van der Waals surface area contributed by atoms with Gasteiger partial charge in [0.2, 0.25) is 0 Å². The summed E-state index contributed by atoms with van der Waals surface area (Å²) in [7, 11) is 0. The van der Waals surface area contributed by atoms with Crippen LogP contribution < -0.4 is 5.32 Å². The Morgan fingerprint density at radius 2 is 1.87 bits per heavy atom. The topological polar surface area (TPSA) is 68.5 Å². The molecule has 0 saturated carbocycles. The van der Waals surface area contributed by atoms with Crippen molar-refractivity contribution >= 4 is 18.1 Å². The molecular formula is C18H21NO4. The lowest BCUT2D eigenvalue weighted by Crippen LogP contribution is -2.27. The van der Waals surface area contributed by atoms with Crippen LogP contribution in [0.4, 0.5) is 10.5 Å². The van der Waals surface area contributed by atoms with Gasteiger partial charge >= 0.3 is 6.09 Å². The van der Waals surface area contributed by atoms with Gasteiger partial charge in [0.15, 0.2) is 0 Å². The number of amides is 1. The number of rotatable bonds is 5. The summed E-state index contributed by atoms with van der Waals surface area (Å²) >= 11 is 0. The first-order valence-electron chi connectivity index (χ1n) is 7.50. The van der Waals surface area contributed by atoms with E-state index < -0.39 is 11.7 Å². The van der Waals surface area contributed by atoms with E-state index in [1.165, 1.54) is 0 Å². The highest BCUT2D eigenvalue weighted by Crippen LogP contribution is 2.24. The molecule has 0 aliphatic rings. The molecule has 0 aliphatic heterocycles. The van der Waals surface area contributed by atoms with Crippen molar-refractivity contribution in [2.45, 2.75) is 39.2 Å². The van der Waals surface area contributed by atoms with Gasteiger partial charge in [0, 0.05) is 24.1 Å². The van der Waals surface area contributed by atoms with Crippen LogP contribution in [-0.2, 0) is 16.0 Å². The summed E-state index contributed by atoms with van der Waals surface area (Å²) in [5, 5.41) is 2.68. The summed E-state index contributed by atoms with van der Waals surface area (Å²) in [5.74, 6) is 1.51. The number of aldehydes is 1. The fourth-order valence-corrected chi connectivity index (χ4v) is 2.01. The number of nitrogens with one attached hydrogen (secondary N) is 1. The van der Waals surface area contributed by atoms with Crippen LogP contribution >= 0.6 is 0 Å². The van der Waals surface area contributed by atoms with E-state index in [1.807, 2.05) is 45.0 Å². The van der Waals surface area contributed by atoms with Crippen LogP contribution in [0.3, 0.4) is 0 Å². The number of anilines is 1. The highest BCUT2D eigenvalue weighted by atomic mass is 16.6. The Bertz CT molecular complexity index is 665. The molecule has 1 aromatic carbocycles. The Kier molecular flexibility index (Phi) is 5.21. The summed E-state index contributed by atoms with van der Waals surface area (Å²) in [6, 6.07) is 11.0. The maximum absolute atomic E-state index is 11.7. The number of benzene rings is 1. The first-order chi connectivity index (χ1) is 10.9. The molecule has 0 atom stereocenters. The molecule has 0 bridgehead atoms. The van der Waals surface area contributed by atoms with Gasteiger partial charge < -0.3 is 13.9 Å². The minimum Gasteiger partial charge on any atom is -0.461 e. The van der Waals surface area contributed by atoms with Crippen molar-refractivity contribution in [3.05, 3.63) is 42.2 Å². The fraction of sp³-hybridized carbons (Fsp3) is 0.333. The Balaban J connectivity index is 2.00. The zero-order chi connectivity index (χ0) is 16.9. The summed E-state index contributed by atoms with van der Waals surface area (Å²) in [4.78, 5) is 22.1. The van der Waals surface area contributed by atoms with Crippen molar-refractivity contribution in [3.63, 3.8) is 0 Å². The molecule has 2 rings (SSSR count). The van der Waals surface area contributed by atoms with Crippen molar-refractivity contribution in [3.8, 4) is 11.3 Å². The lowest BCUT2D eigenvalue weighted by atomic mass is 10.1. The molecule has 23 heavy (non-hydrogen) atoms. The zero-order valence-electron chi connectivity index (χ0n) is 13.6. The maximum atomic E-state index is 11.7. The average molecular weight is 315 g/mol. The van der Waals surface area contributed by atoms with Crippen LogP contribution in [0.25, 0.3) is 11.3 Å². The molecule has 5 nitrogen and oxygen atoms in total. The fourth-order valence-electron chi connectivity index (χ4n) is 2.01. The van der Waals surface area contributed by atoms with Gasteiger partial charge in [-0.3, -0.25) is 5.32 Å². The van der Waals surface area contributed by atoms with Crippen LogP contribution in [0.5, 0.6) is 0 Å². The normalized spacial score (nSPS) is 11.1. The van der Waals surface area contributed by atoms with E-state index in [-0.39, 0.29) is 0 Å². The summed E-state index contributed by atoms with van der Waals surface area (Å²) in [5.41, 5.74) is 1.02. The van der Waals surface area contributed by atoms with Crippen molar-refractivity contribution in [2.24, 2.45) is 0 Å². The Labute approximate surface area is 135 Å². The summed E-state index contributed by atoms with van der Waals surface area (Å²) in [6.45, 7) is 5.44. The van der Waals surface area contributed by atoms with Gasteiger partial charge in [-0.05, 0) is 57.2 Å². The molecule has 5 heteroatoms. The second kappa shape index (κ2) is 7.13. The van der Waals surface area contributed by atoms with Gasteiger partial charge in [-0.2, -0.15) is 0 Å². The number of furan rings is 1. The monoisotopic (exact) mass is 315 g/mol. The second-order valence-electron chi connectivity index (χ2n) is 6.18. The van der Waals surface area contributed by atoms with E-state index in [2.05, 4.69) is 5.32 Å². The lowest BCUT2D eigenvalue weighted by Gasteiger charge is -2.19. The van der Waals surface area contributed by atoms with E-state index in [0.717, 1.165) is 23.4 Å². The quantitative estimate of drug-likeness (QED) is 0.829. The van der Waals surface area contributed by atoms with Crippen LogP contribution in [0.15, 0.2) is 40.8 Å². The Morgan fingerprint density at radius 1 is 1.17 bits per heavy atom. The maximum Gasteiger partial charge on any atom is 0.412 e. The SMILES string of the molecule is CC(C)(C)OC(=O)Nc1ccc(-c2ccc(CCC=O)o2)cc1. The molecule has 0 unspecified atom stereocenters. The molecule has 0 saturated heterocycles. The van der Waals surface area contributed by atoms with Crippen LogP contribution in [0.2, 0.25) is 0 Å². The van der Waals surface area contributed by atoms with Crippen molar-refractivity contribution in [1.82, 2.24) is 0 Å². The van der Waals surface area contributed by atoms with Crippen LogP contribution in [0, 0.1) is 0 Å². The largest absolute Gasteiger partial charge is 0.461 e. The lowest BCUT2D eigenvalue weighted by molar-refractivity contribution is -0.107. The van der Waals surface area contributed by atoms with Crippen LogP contribution in [-0.4, -0.2) is 18.0 Å². The van der Waals surface area contributed by atoms with E-state index >= 15 is 0 Å². The molecule has 1 N–H and O–H groups in total. The average Bonchev–Trinajstić information content (AvgIpc) is 2.92. The third-order valence-electron chi connectivity index (χ3n) is 2.98. The molecule has 1 amide bonds. The molecule has 0 fully saturated rings. The third-order valence-corrected chi connectivity index (χ3v) is 2.98. The van der Waals surface area contributed by atoms with Gasteiger partial charge in [-0.25, -0.2) is 4.79 Å². The highest BCUT2D eigenvalue weighted by molar-refractivity contribution is 5.85. The van der Waals surface area contributed by atoms with E-state index in [1.54, 1.807) is 12.1 Å². The molecule has 122 valence electrons. The van der Waals surface area contributed by atoms with Crippen molar-refractivity contribution in [2.75, 3.05) is 5.32 Å². The molecule has 1 aromatic heterocycles. The molecule has 2 aromatic rings. The highest BCUT2D eigenvalue weighted by Gasteiger charge is 2.16. The third kappa shape index (κ3) is 5.29. The molecule has 0 spiro atoms. The first kappa shape index (κ1) is 16.8. The first-order valence-corrected chi connectivity index (χ1v) is 7.50. The van der Waals surface area contributed by atoms with Crippen molar-refractivity contribution in [1.29, 1.82) is 0 Å². The van der Waals surface area contributed by atoms with E-state index in [0.29, 0.717) is 18.5 Å². The van der Waals surface area contributed by atoms with Gasteiger partial charge in [-0.1, -0.05) is 0 Å². The van der Waals surface area contributed by atoms with E-state index in [4.69, 9.17) is 9.15 Å². The molecule has 1 heterocycles. The number of ether oxygens (including phenoxy) is 1. The number of hydrogen-bond acceptors (Lipinski definition) is 4. The Morgan fingerprint density at radius 3 is 2.48 bits per heavy atom. The van der Waals surface area contributed by atoms with E-state index in [9.17, 15) is 9.59 Å². The number of hydrogen-bond donors (Lipinski definition) is 1. The molecule has 0 aliphatic carbocycles. The summed E-state index contributed by atoms with van der Waals surface area (Å²) < 4.78 is 10.9. The van der Waals surface area contributed by atoms with Gasteiger partial charge in [0.1, 0.15) is 23.4 Å². The Hall–Kier alpha value is -2.56. The molecule has 0 radical (unpaired) electrons. The minimum absolute atomic E-state index is 0.450. The van der Waals surface area contributed by atoms with Crippen molar-refractivity contribution < 1.29 is 18.7 Å². The zero-order valence-corrected chi connectivity index (χ0v) is 13.6. The number of carbonyl (C=O) groups is 2. The number of carbonyl (C=O) groups excluding carboxylic acids is 2. The predicted molar refractivity (Wildman–Crippen MR) is 88.4 cm³/mol. The van der Waals surface area contributed by atoms with Gasteiger partial charge in [0.05, 0.1) is 0 Å². The number of aryl methyl sites for hydroxylation is 1. The van der Waals surface area contributed by atoms with Crippen LogP contribution in [0.1, 0.15) is 33.0 Å². The van der Waals surface area contributed by atoms with Gasteiger partial charge in [0.25, 0.3) is 0 Å².